The molecule has 7 heteroatoms. The number of ether oxygens (including phenoxy) is 2. The Morgan fingerprint density at radius 2 is 1.83 bits per heavy atom. The van der Waals surface area contributed by atoms with Crippen LogP contribution in [0, 0.1) is 0 Å². The molecule has 0 unspecified atom stereocenters. The molecule has 0 fully saturated rings. The van der Waals surface area contributed by atoms with E-state index in [9.17, 15) is 4.79 Å². The summed E-state index contributed by atoms with van der Waals surface area (Å²) in [7, 11) is 3.75. The van der Waals surface area contributed by atoms with Crippen molar-refractivity contribution >= 4 is 5.91 Å². The predicted octanol–water partition coefficient (Wildman–Crippen LogP) is 2.69. The van der Waals surface area contributed by atoms with Gasteiger partial charge in [0, 0.05) is 31.9 Å². The number of likely N-dealkylation sites (N-methyl/N-ethyl adjacent to an activating group) is 2. The summed E-state index contributed by atoms with van der Waals surface area (Å²) in [6.45, 7) is 1.77. The minimum atomic E-state index is 0.0562. The Hall–Kier alpha value is -3.32. The highest BCUT2D eigenvalue weighted by atomic mass is 16.7. The van der Waals surface area contributed by atoms with Crippen molar-refractivity contribution in [2.75, 3.05) is 27.4 Å². The first-order valence-corrected chi connectivity index (χ1v) is 9.48. The van der Waals surface area contributed by atoms with Crippen molar-refractivity contribution in [1.82, 2.24) is 19.6 Å². The van der Waals surface area contributed by atoms with Crippen molar-refractivity contribution in [3.8, 4) is 17.2 Å². The highest BCUT2D eigenvalue weighted by Crippen LogP contribution is 2.32. The lowest BCUT2D eigenvalue weighted by molar-refractivity contribution is -0.131. The number of para-hydroxylation sites is 1. The number of benzene rings is 2. The Balaban J connectivity index is 1.30. The highest BCUT2D eigenvalue weighted by molar-refractivity contribution is 5.77. The van der Waals surface area contributed by atoms with Crippen LogP contribution in [-0.4, -0.2) is 52.9 Å². The number of carbonyl (C=O) groups is 1. The third-order valence-electron chi connectivity index (χ3n) is 4.80. The van der Waals surface area contributed by atoms with E-state index in [-0.39, 0.29) is 12.7 Å². The maximum Gasteiger partial charge on any atom is 0.236 e. The maximum absolute atomic E-state index is 12.6. The van der Waals surface area contributed by atoms with Crippen LogP contribution in [-0.2, 0) is 17.9 Å². The molecule has 150 valence electrons. The minimum absolute atomic E-state index is 0.0562. The Morgan fingerprint density at radius 3 is 2.66 bits per heavy atom. The molecule has 0 spiro atoms. The standard InChI is InChI=1S/C22H24N4O3/c1-24(12-17-8-9-20-21(10-17)29-16-28-20)15-22(27)25(2)13-18-11-23-26(14-18)19-6-4-3-5-7-19/h3-11,14H,12-13,15-16H2,1-2H3. The van der Waals surface area contributed by atoms with Crippen molar-refractivity contribution in [3.63, 3.8) is 0 Å². The van der Waals surface area contributed by atoms with Gasteiger partial charge < -0.3 is 14.4 Å². The van der Waals surface area contributed by atoms with Crippen LogP contribution in [0.25, 0.3) is 5.69 Å². The van der Waals surface area contributed by atoms with Crippen molar-refractivity contribution < 1.29 is 14.3 Å². The van der Waals surface area contributed by atoms with Gasteiger partial charge in [-0.25, -0.2) is 4.68 Å². The average molecular weight is 392 g/mol. The maximum atomic E-state index is 12.6. The zero-order valence-corrected chi connectivity index (χ0v) is 16.6. The summed E-state index contributed by atoms with van der Waals surface area (Å²) in [5.74, 6) is 1.58. The Morgan fingerprint density at radius 1 is 1.03 bits per heavy atom. The molecule has 0 radical (unpaired) electrons. The van der Waals surface area contributed by atoms with Crippen LogP contribution in [0.5, 0.6) is 11.5 Å². The third kappa shape index (κ3) is 4.57. The van der Waals surface area contributed by atoms with Gasteiger partial charge in [-0.1, -0.05) is 24.3 Å². The molecule has 1 aliphatic heterocycles. The topological polar surface area (TPSA) is 59.8 Å². The number of aromatic nitrogens is 2. The van der Waals surface area contributed by atoms with E-state index in [1.165, 1.54) is 0 Å². The van der Waals surface area contributed by atoms with Crippen LogP contribution in [0.15, 0.2) is 60.9 Å². The molecule has 3 aromatic rings. The van der Waals surface area contributed by atoms with Gasteiger partial charge in [0.05, 0.1) is 18.4 Å². The van der Waals surface area contributed by atoms with Gasteiger partial charge in [-0.05, 0) is 36.9 Å². The van der Waals surface area contributed by atoms with Crippen molar-refractivity contribution in [2.45, 2.75) is 13.1 Å². The lowest BCUT2D eigenvalue weighted by atomic mass is 10.2. The number of rotatable bonds is 7. The second-order valence-electron chi connectivity index (χ2n) is 7.24. The van der Waals surface area contributed by atoms with Gasteiger partial charge in [-0.15, -0.1) is 0 Å². The smallest absolute Gasteiger partial charge is 0.236 e. The molecule has 0 saturated carbocycles. The van der Waals surface area contributed by atoms with E-state index in [0.29, 0.717) is 19.6 Å². The van der Waals surface area contributed by atoms with Gasteiger partial charge in [0.1, 0.15) is 0 Å². The summed E-state index contributed by atoms with van der Waals surface area (Å²) in [5, 5.41) is 4.39. The SMILES string of the molecule is CN(CC(=O)N(C)Cc1cnn(-c2ccccc2)c1)Cc1ccc2c(c1)OCO2. The third-order valence-corrected chi connectivity index (χ3v) is 4.80. The van der Waals surface area contributed by atoms with Gasteiger partial charge in [0.2, 0.25) is 12.7 Å². The molecule has 2 heterocycles. The minimum Gasteiger partial charge on any atom is -0.454 e. The molecule has 1 aromatic heterocycles. The fourth-order valence-corrected chi connectivity index (χ4v) is 3.28. The molecule has 0 bridgehead atoms. The van der Waals surface area contributed by atoms with Gasteiger partial charge in [0.15, 0.2) is 11.5 Å². The number of nitrogens with zero attached hydrogens (tertiary/aromatic N) is 4. The van der Waals surface area contributed by atoms with E-state index in [0.717, 1.165) is 28.3 Å². The summed E-state index contributed by atoms with van der Waals surface area (Å²) in [5.41, 5.74) is 3.07. The molecule has 0 aliphatic carbocycles. The van der Waals surface area contributed by atoms with E-state index in [4.69, 9.17) is 9.47 Å². The summed E-state index contributed by atoms with van der Waals surface area (Å²) < 4.78 is 12.6. The molecule has 0 saturated heterocycles. The molecule has 1 aliphatic rings. The quantitative estimate of drug-likeness (QED) is 0.619. The zero-order chi connectivity index (χ0) is 20.2. The monoisotopic (exact) mass is 392 g/mol. The molecule has 0 atom stereocenters. The lowest BCUT2D eigenvalue weighted by Gasteiger charge is -2.21. The first-order valence-electron chi connectivity index (χ1n) is 9.48. The molecule has 0 N–H and O–H groups in total. The molecule has 29 heavy (non-hydrogen) atoms. The second kappa shape index (κ2) is 8.36. The van der Waals surface area contributed by atoms with Crippen molar-refractivity contribution in [3.05, 3.63) is 72.1 Å². The fourth-order valence-electron chi connectivity index (χ4n) is 3.28. The molecule has 2 aromatic carbocycles. The first-order chi connectivity index (χ1) is 14.1. The number of hydrogen-bond acceptors (Lipinski definition) is 5. The van der Waals surface area contributed by atoms with Crippen LogP contribution in [0.4, 0.5) is 0 Å². The number of carbonyl (C=O) groups excluding carboxylic acids is 1. The van der Waals surface area contributed by atoms with Crippen molar-refractivity contribution in [2.24, 2.45) is 0 Å². The summed E-state index contributed by atoms with van der Waals surface area (Å²) in [4.78, 5) is 16.3. The molecular weight excluding hydrogens is 368 g/mol. The molecular formula is C22H24N4O3. The van der Waals surface area contributed by atoms with Crippen LogP contribution in [0.1, 0.15) is 11.1 Å². The second-order valence-corrected chi connectivity index (χ2v) is 7.24. The Kier molecular flexibility index (Phi) is 5.48. The van der Waals surface area contributed by atoms with Gasteiger partial charge in [-0.3, -0.25) is 9.69 Å². The molecule has 7 nitrogen and oxygen atoms in total. The van der Waals surface area contributed by atoms with E-state index >= 15 is 0 Å². The van der Waals surface area contributed by atoms with Crippen LogP contribution in [0.3, 0.4) is 0 Å². The molecule has 4 rings (SSSR count). The van der Waals surface area contributed by atoms with Crippen LogP contribution < -0.4 is 9.47 Å². The summed E-state index contributed by atoms with van der Waals surface area (Å²) in [6, 6.07) is 15.8. The van der Waals surface area contributed by atoms with Crippen LogP contribution in [0.2, 0.25) is 0 Å². The predicted molar refractivity (Wildman–Crippen MR) is 109 cm³/mol. The van der Waals surface area contributed by atoms with Gasteiger partial charge >= 0.3 is 0 Å². The largest absolute Gasteiger partial charge is 0.454 e. The first kappa shape index (κ1) is 19.0. The molecule has 1 amide bonds. The van der Waals surface area contributed by atoms with E-state index < -0.39 is 0 Å². The van der Waals surface area contributed by atoms with Crippen LogP contribution >= 0.6 is 0 Å². The number of hydrogen-bond donors (Lipinski definition) is 0. The van der Waals surface area contributed by atoms with E-state index in [1.807, 2.05) is 78.4 Å². The fraction of sp³-hybridized carbons (Fsp3) is 0.273. The Labute approximate surface area is 170 Å². The van der Waals surface area contributed by atoms with E-state index in [1.54, 1.807) is 11.1 Å². The van der Waals surface area contributed by atoms with Gasteiger partial charge in [0.25, 0.3) is 0 Å². The Bertz CT molecular complexity index is 987. The van der Waals surface area contributed by atoms with Crippen molar-refractivity contribution in [1.29, 1.82) is 0 Å². The number of fused-ring (bicyclic) bond motifs is 1. The summed E-state index contributed by atoms with van der Waals surface area (Å²) >= 11 is 0. The normalized spacial score (nSPS) is 12.4. The van der Waals surface area contributed by atoms with E-state index in [2.05, 4.69) is 5.10 Å². The highest BCUT2D eigenvalue weighted by Gasteiger charge is 2.16. The van der Waals surface area contributed by atoms with Gasteiger partial charge in [-0.2, -0.15) is 5.10 Å². The summed E-state index contributed by atoms with van der Waals surface area (Å²) in [6.07, 6.45) is 3.75. The lowest BCUT2D eigenvalue weighted by Crippen LogP contribution is -2.35. The average Bonchev–Trinajstić information content (AvgIpc) is 3.37. The zero-order valence-electron chi connectivity index (χ0n) is 16.6. The number of amides is 1.